The molecule has 4 nitrogen and oxygen atoms in total. The summed E-state index contributed by atoms with van der Waals surface area (Å²) in [4.78, 5) is 21.4. The summed E-state index contributed by atoms with van der Waals surface area (Å²) in [7, 11) is 0. The van der Waals surface area contributed by atoms with E-state index in [2.05, 4.69) is 15.3 Å². The summed E-state index contributed by atoms with van der Waals surface area (Å²) in [5, 5.41) is 3.83. The molecule has 0 spiro atoms. The van der Waals surface area contributed by atoms with E-state index in [0.717, 1.165) is 10.6 Å². The number of carbonyl (C=O) groups is 1. The van der Waals surface area contributed by atoms with E-state index in [0.29, 0.717) is 21.4 Å². The number of halogens is 2. The predicted octanol–water partition coefficient (Wildman–Crippen LogP) is 4.56. The highest BCUT2D eigenvalue weighted by Gasteiger charge is 2.18. The van der Waals surface area contributed by atoms with E-state index in [4.69, 9.17) is 11.6 Å². The minimum Gasteiger partial charge on any atom is -0.319 e. The van der Waals surface area contributed by atoms with Crippen molar-refractivity contribution in [3.05, 3.63) is 64.3 Å². The molecule has 0 unspecified atom stereocenters. The molecule has 0 saturated heterocycles. The zero-order valence-electron chi connectivity index (χ0n) is 12.0. The topological polar surface area (TPSA) is 54.9 Å². The molecule has 1 aromatic carbocycles. The Morgan fingerprint density at radius 2 is 1.96 bits per heavy atom. The molecule has 23 heavy (non-hydrogen) atoms. The van der Waals surface area contributed by atoms with Crippen LogP contribution in [0, 0.1) is 12.7 Å². The molecule has 0 aliphatic carbocycles. The zero-order valence-corrected chi connectivity index (χ0v) is 13.6. The fraction of sp³-hybridized carbons (Fsp3) is 0.0625. The minimum atomic E-state index is -0.349. The number of carbonyl (C=O) groups excluding carboxylic acids is 1. The molecule has 2 aromatic heterocycles. The lowest BCUT2D eigenvalue weighted by atomic mass is 10.1. The lowest BCUT2D eigenvalue weighted by Gasteiger charge is -2.05. The average Bonchev–Trinajstić information content (AvgIpc) is 2.92. The summed E-state index contributed by atoms with van der Waals surface area (Å²) in [5.74, 6) is -0.675. The summed E-state index contributed by atoms with van der Waals surface area (Å²) >= 11 is 7.10. The van der Waals surface area contributed by atoms with Gasteiger partial charge in [-0.25, -0.2) is 14.4 Å². The number of benzene rings is 1. The Labute approximate surface area is 141 Å². The second-order valence-electron chi connectivity index (χ2n) is 4.74. The van der Waals surface area contributed by atoms with E-state index < -0.39 is 0 Å². The molecule has 7 heteroatoms. The van der Waals surface area contributed by atoms with Gasteiger partial charge in [0.1, 0.15) is 16.7 Å². The summed E-state index contributed by atoms with van der Waals surface area (Å²) in [6.45, 7) is 1.82. The van der Waals surface area contributed by atoms with Gasteiger partial charge in [0.2, 0.25) is 0 Å². The van der Waals surface area contributed by atoms with E-state index in [1.807, 2.05) is 6.92 Å². The SMILES string of the molecule is Cc1nc(C(=O)Nc2ccc(Cl)nc2)c(-c2ccc(F)cc2)s1. The van der Waals surface area contributed by atoms with Gasteiger partial charge in [-0.2, -0.15) is 0 Å². The Balaban J connectivity index is 1.91. The first-order valence-corrected chi connectivity index (χ1v) is 7.88. The second-order valence-corrected chi connectivity index (χ2v) is 6.33. The molecule has 0 fully saturated rings. The summed E-state index contributed by atoms with van der Waals surface area (Å²) in [6.07, 6.45) is 1.47. The van der Waals surface area contributed by atoms with Crippen LogP contribution >= 0.6 is 22.9 Å². The van der Waals surface area contributed by atoms with Crippen molar-refractivity contribution in [2.45, 2.75) is 6.92 Å². The summed E-state index contributed by atoms with van der Waals surface area (Å²) in [6, 6.07) is 9.21. The number of hydrogen-bond acceptors (Lipinski definition) is 4. The molecule has 2 heterocycles. The van der Waals surface area contributed by atoms with Crippen LogP contribution in [-0.2, 0) is 0 Å². The molecule has 0 saturated carbocycles. The molecule has 0 bridgehead atoms. The van der Waals surface area contributed by atoms with Gasteiger partial charge in [0, 0.05) is 0 Å². The number of nitrogens with one attached hydrogen (secondary N) is 1. The van der Waals surface area contributed by atoms with Crippen molar-refractivity contribution >= 4 is 34.5 Å². The van der Waals surface area contributed by atoms with Gasteiger partial charge >= 0.3 is 0 Å². The van der Waals surface area contributed by atoms with E-state index >= 15 is 0 Å². The van der Waals surface area contributed by atoms with Crippen LogP contribution in [-0.4, -0.2) is 15.9 Å². The number of nitrogens with zero attached hydrogens (tertiary/aromatic N) is 2. The first-order chi connectivity index (χ1) is 11.0. The molecular formula is C16H11ClFN3OS. The Morgan fingerprint density at radius 1 is 1.22 bits per heavy atom. The van der Waals surface area contributed by atoms with Crippen LogP contribution < -0.4 is 5.32 Å². The monoisotopic (exact) mass is 347 g/mol. The van der Waals surface area contributed by atoms with Gasteiger partial charge in [0.15, 0.2) is 0 Å². The number of aryl methyl sites for hydroxylation is 1. The maximum absolute atomic E-state index is 13.1. The van der Waals surface area contributed by atoms with Crippen molar-refractivity contribution in [2.75, 3.05) is 5.32 Å². The van der Waals surface area contributed by atoms with Crippen molar-refractivity contribution in [1.82, 2.24) is 9.97 Å². The number of hydrogen-bond donors (Lipinski definition) is 1. The highest BCUT2D eigenvalue weighted by Crippen LogP contribution is 2.30. The van der Waals surface area contributed by atoms with Crippen molar-refractivity contribution in [3.8, 4) is 10.4 Å². The van der Waals surface area contributed by atoms with Gasteiger partial charge < -0.3 is 5.32 Å². The third-order valence-electron chi connectivity index (χ3n) is 3.04. The number of aromatic nitrogens is 2. The van der Waals surface area contributed by atoms with Crippen LogP contribution in [0.3, 0.4) is 0 Å². The van der Waals surface area contributed by atoms with Gasteiger partial charge in [0.25, 0.3) is 5.91 Å². The quantitative estimate of drug-likeness (QED) is 0.707. The molecule has 3 aromatic rings. The fourth-order valence-corrected chi connectivity index (χ4v) is 3.05. The first kappa shape index (κ1) is 15.6. The zero-order chi connectivity index (χ0) is 16.4. The van der Waals surface area contributed by atoms with Gasteiger partial charge in [0.05, 0.1) is 21.8 Å². The van der Waals surface area contributed by atoms with Crippen LogP contribution in [0.5, 0.6) is 0 Å². The largest absolute Gasteiger partial charge is 0.319 e. The Morgan fingerprint density at radius 3 is 2.61 bits per heavy atom. The molecule has 0 radical (unpaired) electrons. The van der Waals surface area contributed by atoms with Crippen LogP contribution in [0.1, 0.15) is 15.5 Å². The number of thiazole rings is 1. The smallest absolute Gasteiger partial charge is 0.275 e. The van der Waals surface area contributed by atoms with Crippen molar-refractivity contribution < 1.29 is 9.18 Å². The van der Waals surface area contributed by atoms with E-state index in [1.165, 1.54) is 29.7 Å². The molecule has 0 aliphatic heterocycles. The Kier molecular flexibility index (Phi) is 4.36. The molecule has 1 amide bonds. The third kappa shape index (κ3) is 3.55. The maximum Gasteiger partial charge on any atom is 0.275 e. The molecular weight excluding hydrogens is 337 g/mol. The molecule has 116 valence electrons. The first-order valence-electron chi connectivity index (χ1n) is 6.69. The van der Waals surface area contributed by atoms with Crippen molar-refractivity contribution in [3.63, 3.8) is 0 Å². The van der Waals surface area contributed by atoms with Gasteiger partial charge in [-0.15, -0.1) is 11.3 Å². The second kappa shape index (κ2) is 6.44. The lowest BCUT2D eigenvalue weighted by Crippen LogP contribution is -2.13. The van der Waals surface area contributed by atoms with Crippen molar-refractivity contribution in [2.24, 2.45) is 0 Å². The Bertz CT molecular complexity index is 847. The highest BCUT2D eigenvalue weighted by atomic mass is 35.5. The molecule has 0 atom stereocenters. The average molecular weight is 348 g/mol. The minimum absolute atomic E-state index is 0.300. The van der Waals surface area contributed by atoms with Gasteiger partial charge in [-0.3, -0.25) is 4.79 Å². The standard InChI is InChI=1S/C16H11ClFN3OS/c1-9-20-14(15(23-9)10-2-4-11(18)5-3-10)16(22)21-12-6-7-13(17)19-8-12/h2-8H,1H3,(H,21,22). The fourth-order valence-electron chi connectivity index (χ4n) is 2.02. The van der Waals surface area contributed by atoms with Crippen LogP contribution in [0.25, 0.3) is 10.4 Å². The van der Waals surface area contributed by atoms with E-state index in [1.54, 1.807) is 24.3 Å². The molecule has 0 aliphatic rings. The lowest BCUT2D eigenvalue weighted by molar-refractivity contribution is 0.102. The van der Waals surface area contributed by atoms with Crippen molar-refractivity contribution in [1.29, 1.82) is 0 Å². The highest BCUT2D eigenvalue weighted by molar-refractivity contribution is 7.15. The van der Waals surface area contributed by atoms with Gasteiger partial charge in [-0.05, 0) is 36.8 Å². The van der Waals surface area contributed by atoms with Crippen LogP contribution in [0.15, 0.2) is 42.6 Å². The van der Waals surface area contributed by atoms with Crippen LogP contribution in [0.4, 0.5) is 10.1 Å². The predicted molar refractivity (Wildman–Crippen MR) is 89.4 cm³/mol. The maximum atomic E-state index is 13.1. The van der Waals surface area contributed by atoms with E-state index in [-0.39, 0.29) is 11.7 Å². The number of anilines is 1. The van der Waals surface area contributed by atoms with Crippen LogP contribution in [0.2, 0.25) is 5.15 Å². The number of pyridine rings is 1. The summed E-state index contributed by atoms with van der Waals surface area (Å²) in [5.41, 5.74) is 1.57. The number of rotatable bonds is 3. The Hall–Kier alpha value is -2.31. The normalized spacial score (nSPS) is 10.6. The van der Waals surface area contributed by atoms with Gasteiger partial charge in [-0.1, -0.05) is 23.7 Å². The summed E-state index contributed by atoms with van der Waals surface area (Å²) < 4.78 is 13.1. The molecule has 3 rings (SSSR count). The third-order valence-corrected chi connectivity index (χ3v) is 4.28. The number of amides is 1. The van der Waals surface area contributed by atoms with E-state index in [9.17, 15) is 9.18 Å². The molecule has 1 N–H and O–H groups in total.